The molecule has 1 aliphatic carbocycles. The number of aromatic nitrogens is 1. The molecule has 1 aromatic heterocycles. The van der Waals surface area contributed by atoms with Gasteiger partial charge in [0.1, 0.15) is 23.9 Å². The molecule has 5 heteroatoms. The molecule has 1 heterocycles. The number of rotatable bonds is 6. The molecule has 2 aromatic carbocycles. The summed E-state index contributed by atoms with van der Waals surface area (Å²) in [6.07, 6.45) is 2.64. The van der Waals surface area contributed by atoms with E-state index in [0.717, 1.165) is 41.5 Å². The summed E-state index contributed by atoms with van der Waals surface area (Å²) >= 11 is 0. The summed E-state index contributed by atoms with van der Waals surface area (Å²) in [4.78, 5) is 15.6. The van der Waals surface area contributed by atoms with Crippen LogP contribution in [0.4, 0.5) is 4.39 Å². The molecule has 0 unspecified atom stereocenters. The number of nitrogens with zero attached hydrogens (tertiary/aromatic N) is 1. The third kappa shape index (κ3) is 4.10. The third-order valence-corrected chi connectivity index (χ3v) is 5.30. The normalized spacial score (nSPS) is 13.5. The Morgan fingerprint density at radius 2 is 1.87 bits per heavy atom. The SMILES string of the molecule is Cc1ccc(COc2ccccc2C2=C(c3cccc(C(=O)O)n3)CCC2)c(F)c1. The lowest BCUT2D eigenvalue weighted by molar-refractivity contribution is 0.0690. The molecular formula is C25H22FNO3. The zero-order valence-electron chi connectivity index (χ0n) is 16.7. The van der Waals surface area contributed by atoms with Crippen LogP contribution in [0.5, 0.6) is 5.75 Å². The van der Waals surface area contributed by atoms with Crippen LogP contribution in [0, 0.1) is 12.7 Å². The van der Waals surface area contributed by atoms with Crippen LogP contribution < -0.4 is 4.74 Å². The number of benzene rings is 2. The summed E-state index contributed by atoms with van der Waals surface area (Å²) in [5.41, 5.74) is 5.17. The number of aryl methyl sites for hydroxylation is 1. The summed E-state index contributed by atoms with van der Waals surface area (Å²) in [6.45, 7) is 1.99. The van der Waals surface area contributed by atoms with Crippen LogP contribution in [0.3, 0.4) is 0 Å². The number of carbonyl (C=O) groups is 1. The van der Waals surface area contributed by atoms with Crippen LogP contribution in [-0.2, 0) is 6.61 Å². The first-order chi connectivity index (χ1) is 14.5. The van der Waals surface area contributed by atoms with Gasteiger partial charge in [-0.2, -0.15) is 0 Å². The maximum atomic E-state index is 14.2. The van der Waals surface area contributed by atoms with Crippen molar-refractivity contribution in [3.8, 4) is 5.75 Å². The van der Waals surface area contributed by atoms with Crippen molar-refractivity contribution in [2.24, 2.45) is 0 Å². The quantitative estimate of drug-likeness (QED) is 0.557. The molecule has 0 saturated carbocycles. The third-order valence-electron chi connectivity index (χ3n) is 5.30. The maximum Gasteiger partial charge on any atom is 0.354 e. The Balaban J connectivity index is 1.67. The van der Waals surface area contributed by atoms with Crippen molar-refractivity contribution in [3.05, 3.63) is 94.6 Å². The topological polar surface area (TPSA) is 59.4 Å². The number of hydrogen-bond acceptors (Lipinski definition) is 3. The standard InChI is InChI=1S/C25H22FNO3/c1-16-12-13-17(21(26)14-16)15-30-24-11-3-2-6-20(24)18-7-4-8-19(18)22-9-5-10-23(27-22)25(28)29/h2-3,5-6,9-14H,4,7-8,15H2,1H3,(H,28,29). The number of aromatic carboxylic acids is 1. The molecule has 4 nitrogen and oxygen atoms in total. The number of allylic oxidation sites excluding steroid dienone is 2. The minimum atomic E-state index is -1.04. The minimum absolute atomic E-state index is 0.0330. The molecule has 0 bridgehead atoms. The Hall–Kier alpha value is -3.47. The number of hydrogen-bond donors (Lipinski definition) is 1. The molecule has 0 aliphatic heterocycles. The van der Waals surface area contributed by atoms with E-state index in [2.05, 4.69) is 4.98 Å². The lowest BCUT2D eigenvalue weighted by atomic mass is 9.99. The summed E-state index contributed by atoms with van der Waals surface area (Å²) < 4.78 is 20.2. The maximum absolute atomic E-state index is 14.2. The zero-order valence-corrected chi connectivity index (χ0v) is 16.7. The molecule has 0 spiro atoms. The lowest BCUT2D eigenvalue weighted by Gasteiger charge is -2.15. The Labute approximate surface area is 174 Å². The van der Waals surface area contributed by atoms with E-state index in [1.807, 2.05) is 43.3 Å². The summed E-state index contributed by atoms with van der Waals surface area (Å²) in [5.74, 6) is -0.634. The number of carboxylic acids is 1. The summed E-state index contributed by atoms with van der Waals surface area (Å²) in [6, 6.07) is 17.9. The molecule has 3 aromatic rings. The van der Waals surface area contributed by atoms with Crippen molar-refractivity contribution in [3.63, 3.8) is 0 Å². The first-order valence-corrected chi connectivity index (χ1v) is 9.93. The molecule has 0 radical (unpaired) electrons. The highest BCUT2D eigenvalue weighted by Crippen LogP contribution is 2.42. The van der Waals surface area contributed by atoms with Crippen LogP contribution in [0.2, 0.25) is 0 Å². The van der Waals surface area contributed by atoms with Gasteiger partial charge in [-0.15, -0.1) is 0 Å². The fourth-order valence-corrected chi connectivity index (χ4v) is 3.81. The average Bonchev–Trinajstić information content (AvgIpc) is 3.23. The van der Waals surface area contributed by atoms with Crippen LogP contribution in [0.1, 0.15) is 52.1 Å². The van der Waals surface area contributed by atoms with E-state index < -0.39 is 5.97 Å². The van der Waals surface area contributed by atoms with Gasteiger partial charge in [-0.05, 0) is 67.2 Å². The first kappa shape index (κ1) is 19.8. The lowest BCUT2D eigenvalue weighted by Crippen LogP contribution is -2.03. The smallest absolute Gasteiger partial charge is 0.354 e. The van der Waals surface area contributed by atoms with Gasteiger partial charge in [0.15, 0.2) is 0 Å². The van der Waals surface area contributed by atoms with Crippen LogP contribution >= 0.6 is 0 Å². The highest BCUT2D eigenvalue weighted by atomic mass is 19.1. The number of halogens is 1. The fraction of sp³-hybridized carbons (Fsp3) is 0.200. The van der Waals surface area contributed by atoms with Crippen molar-refractivity contribution in [2.75, 3.05) is 0 Å². The van der Waals surface area contributed by atoms with Gasteiger partial charge < -0.3 is 9.84 Å². The summed E-state index contributed by atoms with van der Waals surface area (Å²) in [7, 11) is 0. The van der Waals surface area contributed by atoms with Gasteiger partial charge in [-0.3, -0.25) is 0 Å². The Bertz CT molecular complexity index is 1140. The number of carboxylic acid groups (broad SMARTS) is 1. The van der Waals surface area contributed by atoms with E-state index in [4.69, 9.17) is 4.74 Å². The predicted molar refractivity (Wildman–Crippen MR) is 114 cm³/mol. The molecule has 4 rings (SSSR count). The van der Waals surface area contributed by atoms with Crippen molar-refractivity contribution < 1.29 is 19.0 Å². The van der Waals surface area contributed by atoms with E-state index >= 15 is 0 Å². The van der Waals surface area contributed by atoms with E-state index in [-0.39, 0.29) is 18.1 Å². The number of para-hydroxylation sites is 1. The van der Waals surface area contributed by atoms with Crippen LogP contribution in [0.15, 0.2) is 60.7 Å². The van der Waals surface area contributed by atoms with Crippen LogP contribution in [-0.4, -0.2) is 16.1 Å². The van der Waals surface area contributed by atoms with Gasteiger partial charge in [-0.25, -0.2) is 14.2 Å². The van der Waals surface area contributed by atoms with E-state index in [0.29, 0.717) is 17.0 Å². The summed E-state index contributed by atoms with van der Waals surface area (Å²) in [5, 5.41) is 9.27. The Morgan fingerprint density at radius 1 is 1.07 bits per heavy atom. The van der Waals surface area contributed by atoms with Crippen molar-refractivity contribution in [1.82, 2.24) is 4.98 Å². The molecule has 0 amide bonds. The van der Waals surface area contributed by atoms with Gasteiger partial charge in [0.25, 0.3) is 0 Å². The van der Waals surface area contributed by atoms with Gasteiger partial charge in [0.05, 0.1) is 5.69 Å². The molecule has 1 N–H and O–H groups in total. The molecule has 1 aliphatic rings. The molecule has 0 atom stereocenters. The number of pyridine rings is 1. The first-order valence-electron chi connectivity index (χ1n) is 9.93. The van der Waals surface area contributed by atoms with Crippen molar-refractivity contribution >= 4 is 17.1 Å². The minimum Gasteiger partial charge on any atom is -0.488 e. The molecule has 30 heavy (non-hydrogen) atoms. The zero-order chi connectivity index (χ0) is 21.1. The second-order valence-corrected chi connectivity index (χ2v) is 7.40. The largest absolute Gasteiger partial charge is 0.488 e. The second-order valence-electron chi connectivity index (χ2n) is 7.40. The molecule has 0 saturated heterocycles. The highest BCUT2D eigenvalue weighted by Gasteiger charge is 2.22. The van der Waals surface area contributed by atoms with Gasteiger partial charge in [-0.1, -0.05) is 36.4 Å². The van der Waals surface area contributed by atoms with Gasteiger partial charge in [0, 0.05) is 11.1 Å². The number of ether oxygens (including phenoxy) is 1. The Kier molecular flexibility index (Phi) is 5.61. The molecule has 0 fully saturated rings. The monoisotopic (exact) mass is 403 g/mol. The van der Waals surface area contributed by atoms with E-state index in [1.165, 1.54) is 12.1 Å². The second kappa shape index (κ2) is 8.49. The van der Waals surface area contributed by atoms with E-state index in [9.17, 15) is 14.3 Å². The highest BCUT2D eigenvalue weighted by molar-refractivity contribution is 5.94. The molecular weight excluding hydrogens is 381 g/mol. The van der Waals surface area contributed by atoms with E-state index in [1.54, 1.807) is 12.1 Å². The fourth-order valence-electron chi connectivity index (χ4n) is 3.81. The van der Waals surface area contributed by atoms with Gasteiger partial charge >= 0.3 is 5.97 Å². The Morgan fingerprint density at radius 3 is 2.67 bits per heavy atom. The van der Waals surface area contributed by atoms with Crippen molar-refractivity contribution in [2.45, 2.75) is 32.8 Å². The van der Waals surface area contributed by atoms with Crippen molar-refractivity contribution in [1.29, 1.82) is 0 Å². The predicted octanol–water partition coefficient (Wildman–Crippen LogP) is 5.90. The van der Waals surface area contributed by atoms with Crippen LogP contribution in [0.25, 0.3) is 11.1 Å². The van der Waals surface area contributed by atoms with Gasteiger partial charge in [0.2, 0.25) is 0 Å². The molecule has 152 valence electrons. The average molecular weight is 403 g/mol.